The Balaban J connectivity index is 1.81. The van der Waals surface area contributed by atoms with E-state index >= 15 is 0 Å². The van der Waals surface area contributed by atoms with Crippen LogP contribution in [0.5, 0.6) is 0 Å². The molecular formula is C19H23NO3. The van der Waals surface area contributed by atoms with Gasteiger partial charge in [-0.15, -0.1) is 0 Å². The van der Waals surface area contributed by atoms with Gasteiger partial charge in [-0.2, -0.15) is 0 Å². The van der Waals surface area contributed by atoms with Crippen molar-refractivity contribution in [1.29, 1.82) is 0 Å². The van der Waals surface area contributed by atoms with Crippen LogP contribution in [0.2, 0.25) is 0 Å². The first-order valence-corrected chi connectivity index (χ1v) is 8.00. The van der Waals surface area contributed by atoms with Crippen molar-refractivity contribution in [1.82, 2.24) is 5.32 Å². The Morgan fingerprint density at radius 2 is 1.91 bits per heavy atom. The first-order valence-electron chi connectivity index (χ1n) is 8.00. The molecule has 2 aromatic carbocycles. The van der Waals surface area contributed by atoms with Crippen LogP contribution >= 0.6 is 0 Å². The van der Waals surface area contributed by atoms with Gasteiger partial charge in [-0.3, -0.25) is 0 Å². The van der Waals surface area contributed by atoms with E-state index in [1.165, 1.54) is 21.9 Å². The summed E-state index contributed by atoms with van der Waals surface area (Å²) in [6.07, 6.45) is 0.0594. The minimum atomic E-state index is -0.610. The standard InChI is InChI=1S/C19H23NO3/c1-19(2,3)23-18(22)20-16-10-13-9-8-12-6-4-5-7-14(12)15(13)11-17(16)21/h4-9,16-17,21H,10-11H2,1-3H3,(H,20,22). The molecule has 2 aromatic rings. The van der Waals surface area contributed by atoms with E-state index in [1.807, 2.05) is 32.9 Å². The predicted octanol–water partition coefficient (Wildman–Crippen LogP) is 3.19. The Morgan fingerprint density at radius 3 is 2.65 bits per heavy atom. The molecule has 0 fully saturated rings. The van der Waals surface area contributed by atoms with Gasteiger partial charge in [-0.1, -0.05) is 36.4 Å². The molecule has 122 valence electrons. The zero-order chi connectivity index (χ0) is 16.6. The number of carbonyl (C=O) groups excluding carboxylic acids is 1. The third kappa shape index (κ3) is 3.48. The highest BCUT2D eigenvalue weighted by Gasteiger charge is 2.30. The smallest absolute Gasteiger partial charge is 0.407 e. The van der Waals surface area contributed by atoms with Crippen molar-refractivity contribution in [3.05, 3.63) is 47.5 Å². The van der Waals surface area contributed by atoms with Crippen LogP contribution in [0.25, 0.3) is 10.8 Å². The summed E-state index contributed by atoms with van der Waals surface area (Å²) in [4.78, 5) is 12.0. The highest BCUT2D eigenvalue weighted by molar-refractivity contribution is 5.87. The third-order valence-electron chi connectivity index (χ3n) is 4.16. The quantitative estimate of drug-likeness (QED) is 0.850. The van der Waals surface area contributed by atoms with Gasteiger partial charge in [0, 0.05) is 6.42 Å². The van der Waals surface area contributed by atoms with E-state index in [9.17, 15) is 9.90 Å². The molecule has 2 atom stereocenters. The number of aliphatic hydroxyl groups is 1. The molecule has 0 aromatic heterocycles. The summed E-state index contributed by atoms with van der Waals surface area (Å²) in [6.45, 7) is 5.47. The van der Waals surface area contributed by atoms with Gasteiger partial charge in [-0.05, 0) is 49.1 Å². The van der Waals surface area contributed by atoms with Gasteiger partial charge >= 0.3 is 6.09 Å². The third-order valence-corrected chi connectivity index (χ3v) is 4.16. The zero-order valence-electron chi connectivity index (χ0n) is 13.8. The maximum Gasteiger partial charge on any atom is 0.407 e. The van der Waals surface area contributed by atoms with Crippen LogP contribution in [-0.2, 0) is 17.6 Å². The van der Waals surface area contributed by atoms with E-state index in [-0.39, 0.29) is 6.04 Å². The van der Waals surface area contributed by atoms with E-state index in [2.05, 4.69) is 29.6 Å². The molecular weight excluding hydrogens is 290 g/mol. The first-order chi connectivity index (χ1) is 10.8. The second kappa shape index (κ2) is 5.85. The van der Waals surface area contributed by atoms with E-state index in [0.717, 1.165) is 0 Å². The van der Waals surface area contributed by atoms with Crippen molar-refractivity contribution in [2.24, 2.45) is 0 Å². The van der Waals surface area contributed by atoms with Crippen molar-refractivity contribution in [3.63, 3.8) is 0 Å². The molecule has 4 heteroatoms. The average molecular weight is 313 g/mol. The number of rotatable bonds is 1. The number of alkyl carbamates (subject to hydrolysis) is 1. The van der Waals surface area contributed by atoms with Crippen LogP contribution in [-0.4, -0.2) is 28.9 Å². The number of hydrogen-bond acceptors (Lipinski definition) is 3. The van der Waals surface area contributed by atoms with Crippen LogP contribution in [0, 0.1) is 0 Å². The Kier molecular flexibility index (Phi) is 4.02. The van der Waals surface area contributed by atoms with Crippen molar-refractivity contribution in [2.75, 3.05) is 0 Å². The molecule has 0 bridgehead atoms. The molecule has 1 aliphatic carbocycles. The topological polar surface area (TPSA) is 58.6 Å². The summed E-state index contributed by atoms with van der Waals surface area (Å²) >= 11 is 0. The summed E-state index contributed by atoms with van der Waals surface area (Å²) in [6, 6.07) is 12.1. The maximum absolute atomic E-state index is 12.0. The van der Waals surface area contributed by atoms with Crippen LogP contribution < -0.4 is 5.32 Å². The lowest BCUT2D eigenvalue weighted by molar-refractivity contribution is 0.0413. The van der Waals surface area contributed by atoms with E-state index < -0.39 is 17.8 Å². The van der Waals surface area contributed by atoms with Crippen LogP contribution in [0.1, 0.15) is 31.9 Å². The maximum atomic E-state index is 12.0. The molecule has 0 radical (unpaired) electrons. The molecule has 1 aliphatic rings. The fourth-order valence-corrected chi connectivity index (χ4v) is 3.14. The van der Waals surface area contributed by atoms with Gasteiger partial charge in [0.2, 0.25) is 0 Å². The van der Waals surface area contributed by atoms with Crippen molar-refractivity contribution in [3.8, 4) is 0 Å². The molecule has 0 saturated carbocycles. The van der Waals surface area contributed by atoms with Crippen molar-refractivity contribution < 1.29 is 14.6 Å². The molecule has 0 aliphatic heterocycles. The number of benzene rings is 2. The lowest BCUT2D eigenvalue weighted by Crippen LogP contribution is -2.49. The lowest BCUT2D eigenvalue weighted by Gasteiger charge is -2.32. The van der Waals surface area contributed by atoms with E-state index in [4.69, 9.17) is 4.74 Å². The molecule has 0 saturated heterocycles. The fourth-order valence-electron chi connectivity index (χ4n) is 3.14. The molecule has 23 heavy (non-hydrogen) atoms. The molecule has 0 heterocycles. The minimum Gasteiger partial charge on any atom is -0.444 e. The van der Waals surface area contributed by atoms with E-state index in [1.54, 1.807) is 0 Å². The van der Waals surface area contributed by atoms with Gasteiger partial charge in [0.1, 0.15) is 5.60 Å². The molecule has 2 N–H and O–H groups in total. The van der Waals surface area contributed by atoms with Gasteiger partial charge in [0.05, 0.1) is 12.1 Å². The summed E-state index contributed by atoms with van der Waals surface area (Å²) < 4.78 is 5.29. The normalized spacial score (nSPS) is 20.9. The Morgan fingerprint density at radius 1 is 1.17 bits per heavy atom. The number of fused-ring (bicyclic) bond motifs is 3. The SMILES string of the molecule is CC(C)(C)OC(=O)NC1Cc2ccc3ccccc3c2CC1O. The monoisotopic (exact) mass is 313 g/mol. The zero-order valence-corrected chi connectivity index (χ0v) is 13.8. The Hall–Kier alpha value is -2.07. The largest absolute Gasteiger partial charge is 0.444 e. The fraction of sp³-hybridized carbons (Fsp3) is 0.421. The van der Waals surface area contributed by atoms with Gasteiger partial charge in [0.25, 0.3) is 0 Å². The number of hydrogen-bond donors (Lipinski definition) is 2. The number of amides is 1. The number of carbonyl (C=O) groups is 1. The Labute approximate surface area is 136 Å². The second-order valence-corrected chi connectivity index (χ2v) is 7.15. The second-order valence-electron chi connectivity index (χ2n) is 7.15. The van der Waals surface area contributed by atoms with Gasteiger partial charge in [-0.25, -0.2) is 4.79 Å². The number of aliphatic hydroxyl groups excluding tert-OH is 1. The van der Waals surface area contributed by atoms with E-state index in [0.29, 0.717) is 12.8 Å². The molecule has 4 nitrogen and oxygen atoms in total. The summed E-state index contributed by atoms with van der Waals surface area (Å²) in [5.41, 5.74) is 1.81. The van der Waals surface area contributed by atoms with Crippen molar-refractivity contribution >= 4 is 16.9 Å². The van der Waals surface area contributed by atoms with Gasteiger partial charge in [0.15, 0.2) is 0 Å². The number of nitrogens with one attached hydrogen (secondary N) is 1. The predicted molar refractivity (Wildman–Crippen MR) is 90.5 cm³/mol. The molecule has 0 spiro atoms. The number of ether oxygens (including phenoxy) is 1. The Bertz CT molecular complexity index is 733. The van der Waals surface area contributed by atoms with Gasteiger partial charge < -0.3 is 15.2 Å². The summed E-state index contributed by atoms with van der Waals surface area (Å²) in [7, 11) is 0. The van der Waals surface area contributed by atoms with Crippen LogP contribution in [0.15, 0.2) is 36.4 Å². The highest BCUT2D eigenvalue weighted by Crippen LogP contribution is 2.29. The lowest BCUT2D eigenvalue weighted by atomic mass is 9.83. The van der Waals surface area contributed by atoms with Crippen molar-refractivity contribution in [2.45, 2.75) is 51.4 Å². The average Bonchev–Trinajstić information content (AvgIpc) is 2.46. The molecule has 3 rings (SSSR count). The first kappa shape index (κ1) is 15.8. The molecule has 1 amide bonds. The minimum absolute atomic E-state index is 0.321. The van der Waals surface area contributed by atoms with Crippen LogP contribution in [0.3, 0.4) is 0 Å². The summed E-state index contributed by atoms with van der Waals surface area (Å²) in [5.74, 6) is 0. The molecule has 2 unspecified atom stereocenters. The summed E-state index contributed by atoms with van der Waals surface area (Å²) in [5, 5.41) is 15.6. The van der Waals surface area contributed by atoms with Crippen LogP contribution in [0.4, 0.5) is 4.79 Å². The highest BCUT2D eigenvalue weighted by atomic mass is 16.6.